The van der Waals surface area contributed by atoms with Gasteiger partial charge in [0.15, 0.2) is 0 Å². The number of aliphatic hydroxyl groups excluding tert-OH is 1. The Kier molecular flexibility index (Phi) is 4.42. The molecule has 1 heterocycles. The smallest absolute Gasteiger partial charge is 0.251 e. The normalized spacial score (nSPS) is 20.8. The van der Waals surface area contributed by atoms with Gasteiger partial charge in [-0.05, 0) is 56.3 Å². The molecule has 0 aromatic heterocycles. The second kappa shape index (κ2) is 6.40. The van der Waals surface area contributed by atoms with E-state index in [0.717, 1.165) is 0 Å². The second-order valence-electron chi connectivity index (χ2n) is 6.47. The van der Waals surface area contributed by atoms with Crippen molar-refractivity contribution >= 4 is 17.5 Å². The summed E-state index contributed by atoms with van der Waals surface area (Å²) in [6.45, 7) is 3.50. The molecular weight excluding hydrogens is 340 g/mol. The molecule has 2 atom stereocenters. The van der Waals surface area contributed by atoms with E-state index in [9.17, 15) is 9.90 Å². The number of hydrogen-bond acceptors (Lipinski definition) is 4. The first-order valence-electron chi connectivity index (χ1n) is 7.79. The number of halogens is 1. The van der Waals surface area contributed by atoms with Crippen LogP contribution in [-0.2, 0) is 0 Å². The van der Waals surface area contributed by atoms with Gasteiger partial charge in [0.25, 0.3) is 5.91 Å². The first-order valence-corrected chi connectivity index (χ1v) is 8.17. The minimum Gasteiger partial charge on any atom is -0.485 e. The average Bonchev–Trinajstić information content (AvgIpc) is 2.59. The number of fused-ring (bicyclic) bond motifs is 1. The molecule has 3 rings (SSSR count). The standard InChI is InChI=1S/C19H17ClN2O3/c1-19(2)17(23)16(14-9-11(10-21)3-8-15(14)25-19)22-18(24)12-4-6-13(20)7-5-12/h3-9,16-17,23H,1-2H3,(H,22,24). The molecule has 1 aliphatic rings. The Morgan fingerprint density at radius 1 is 1.28 bits per heavy atom. The molecule has 0 aliphatic carbocycles. The molecular formula is C19H17ClN2O3. The molecule has 0 saturated carbocycles. The van der Waals surface area contributed by atoms with Crippen LogP contribution in [0.25, 0.3) is 0 Å². The lowest BCUT2D eigenvalue weighted by Crippen LogP contribution is -2.53. The highest BCUT2D eigenvalue weighted by Crippen LogP contribution is 2.40. The van der Waals surface area contributed by atoms with E-state index in [1.807, 2.05) is 0 Å². The van der Waals surface area contributed by atoms with Gasteiger partial charge >= 0.3 is 0 Å². The maximum Gasteiger partial charge on any atom is 0.251 e. The van der Waals surface area contributed by atoms with Crippen LogP contribution in [0, 0.1) is 11.3 Å². The van der Waals surface area contributed by atoms with Crippen molar-refractivity contribution in [2.45, 2.75) is 31.6 Å². The molecule has 1 aliphatic heterocycles. The molecule has 5 nitrogen and oxygen atoms in total. The number of aliphatic hydroxyl groups is 1. The molecule has 0 spiro atoms. The molecule has 0 radical (unpaired) electrons. The van der Waals surface area contributed by atoms with Gasteiger partial charge in [-0.25, -0.2) is 0 Å². The highest BCUT2D eigenvalue weighted by molar-refractivity contribution is 6.30. The highest BCUT2D eigenvalue weighted by atomic mass is 35.5. The van der Waals surface area contributed by atoms with Crippen molar-refractivity contribution in [1.29, 1.82) is 5.26 Å². The topological polar surface area (TPSA) is 82.3 Å². The lowest BCUT2D eigenvalue weighted by molar-refractivity contribution is -0.0627. The Morgan fingerprint density at radius 3 is 2.60 bits per heavy atom. The maximum absolute atomic E-state index is 12.6. The summed E-state index contributed by atoms with van der Waals surface area (Å²) in [5.74, 6) is 0.197. The van der Waals surface area contributed by atoms with Crippen LogP contribution in [0.2, 0.25) is 5.02 Å². The van der Waals surface area contributed by atoms with E-state index in [0.29, 0.717) is 27.5 Å². The lowest BCUT2D eigenvalue weighted by Gasteiger charge is -2.42. The van der Waals surface area contributed by atoms with Crippen LogP contribution in [-0.4, -0.2) is 22.7 Å². The Morgan fingerprint density at radius 2 is 1.96 bits per heavy atom. The SMILES string of the molecule is CC1(C)Oc2ccc(C#N)cc2C(NC(=O)c2ccc(Cl)cc2)C1O. The Labute approximate surface area is 150 Å². The number of benzene rings is 2. The summed E-state index contributed by atoms with van der Waals surface area (Å²) in [4.78, 5) is 12.6. The van der Waals surface area contributed by atoms with Crippen molar-refractivity contribution in [3.8, 4) is 11.8 Å². The molecule has 0 bridgehead atoms. The number of carbonyl (C=O) groups excluding carboxylic acids is 1. The predicted molar refractivity (Wildman–Crippen MR) is 93.5 cm³/mol. The third-order valence-electron chi connectivity index (χ3n) is 4.27. The summed E-state index contributed by atoms with van der Waals surface area (Å²) < 4.78 is 5.84. The van der Waals surface area contributed by atoms with E-state index in [1.165, 1.54) is 0 Å². The van der Waals surface area contributed by atoms with Gasteiger partial charge in [-0.1, -0.05) is 11.6 Å². The zero-order valence-electron chi connectivity index (χ0n) is 13.8. The molecule has 2 aromatic rings. The second-order valence-corrected chi connectivity index (χ2v) is 6.91. The van der Waals surface area contributed by atoms with Crippen LogP contribution < -0.4 is 10.1 Å². The number of nitriles is 1. The Balaban J connectivity index is 1.97. The van der Waals surface area contributed by atoms with Crippen LogP contribution >= 0.6 is 11.6 Å². The lowest BCUT2D eigenvalue weighted by atomic mass is 9.85. The van der Waals surface area contributed by atoms with Gasteiger partial charge in [0.2, 0.25) is 0 Å². The van der Waals surface area contributed by atoms with Crippen molar-refractivity contribution in [3.05, 3.63) is 64.2 Å². The van der Waals surface area contributed by atoms with Crippen molar-refractivity contribution < 1.29 is 14.6 Å². The van der Waals surface area contributed by atoms with Gasteiger partial charge in [0, 0.05) is 16.1 Å². The van der Waals surface area contributed by atoms with Crippen molar-refractivity contribution in [2.24, 2.45) is 0 Å². The molecule has 0 saturated heterocycles. The molecule has 0 fully saturated rings. The zero-order chi connectivity index (χ0) is 18.2. The molecule has 2 unspecified atom stereocenters. The van der Waals surface area contributed by atoms with Gasteiger partial charge in [-0.15, -0.1) is 0 Å². The number of rotatable bonds is 2. The molecule has 128 valence electrons. The summed E-state index contributed by atoms with van der Waals surface area (Å²) in [6, 6.07) is 12.8. The van der Waals surface area contributed by atoms with E-state index in [2.05, 4.69) is 11.4 Å². The first kappa shape index (κ1) is 17.3. The minimum absolute atomic E-state index is 0.341. The number of nitrogens with zero attached hydrogens (tertiary/aromatic N) is 1. The maximum atomic E-state index is 12.6. The molecule has 25 heavy (non-hydrogen) atoms. The van der Waals surface area contributed by atoms with Gasteiger partial charge in [0.1, 0.15) is 17.5 Å². The molecule has 1 amide bonds. The average molecular weight is 357 g/mol. The first-order chi connectivity index (χ1) is 11.8. The van der Waals surface area contributed by atoms with E-state index in [4.69, 9.17) is 21.6 Å². The largest absolute Gasteiger partial charge is 0.485 e. The predicted octanol–water partition coefficient (Wildman–Crippen LogP) is 3.21. The van der Waals surface area contributed by atoms with Crippen LogP contribution in [0.3, 0.4) is 0 Å². The fourth-order valence-electron chi connectivity index (χ4n) is 2.85. The zero-order valence-corrected chi connectivity index (χ0v) is 14.5. The Hall–Kier alpha value is -2.55. The fourth-order valence-corrected chi connectivity index (χ4v) is 2.98. The van der Waals surface area contributed by atoms with Crippen molar-refractivity contribution in [1.82, 2.24) is 5.32 Å². The summed E-state index contributed by atoms with van der Waals surface area (Å²) in [5.41, 5.74) is 0.547. The number of ether oxygens (including phenoxy) is 1. The minimum atomic E-state index is -0.981. The summed E-state index contributed by atoms with van der Waals surface area (Å²) in [6.07, 6.45) is -0.981. The highest BCUT2D eigenvalue weighted by Gasteiger charge is 2.43. The number of nitrogens with one attached hydrogen (secondary N) is 1. The van der Waals surface area contributed by atoms with Crippen LogP contribution in [0.15, 0.2) is 42.5 Å². The van der Waals surface area contributed by atoms with E-state index in [1.54, 1.807) is 56.3 Å². The van der Waals surface area contributed by atoms with E-state index in [-0.39, 0.29) is 5.91 Å². The summed E-state index contributed by atoms with van der Waals surface area (Å²) in [7, 11) is 0. The third kappa shape index (κ3) is 3.32. The Bertz CT molecular complexity index is 856. The number of amides is 1. The molecule has 6 heteroatoms. The van der Waals surface area contributed by atoms with Crippen LogP contribution in [0.1, 0.15) is 41.4 Å². The number of carbonyl (C=O) groups is 1. The third-order valence-corrected chi connectivity index (χ3v) is 4.52. The molecule has 2 N–H and O–H groups in total. The quantitative estimate of drug-likeness (QED) is 0.865. The van der Waals surface area contributed by atoms with Crippen LogP contribution in [0.5, 0.6) is 5.75 Å². The van der Waals surface area contributed by atoms with Gasteiger partial charge in [-0.2, -0.15) is 5.26 Å². The monoisotopic (exact) mass is 356 g/mol. The summed E-state index contributed by atoms with van der Waals surface area (Å²) in [5, 5.41) is 23.2. The van der Waals surface area contributed by atoms with Crippen molar-refractivity contribution in [3.63, 3.8) is 0 Å². The van der Waals surface area contributed by atoms with Crippen LogP contribution in [0.4, 0.5) is 0 Å². The van der Waals surface area contributed by atoms with Gasteiger partial charge in [0.05, 0.1) is 17.7 Å². The van der Waals surface area contributed by atoms with E-state index >= 15 is 0 Å². The fraction of sp³-hybridized carbons (Fsp3) is 0.263. The molecule has 2 aromatic carbocycles. The van der Waals surface area contributed by atoms with Gasteiger partial charge in [-0.3, -0.25) is 4.79 Å². The van der Waals surface area contributed by atoms with Gasteiger partial charge < -0.3 is 15.2 Å². The van der Waals surface area contributed by atoms with Crippen molar-refractivity contribution in [2.75, 3.05) is 0 Å². The van der Waals surface area contributed by atoms with E-state index < -0.39 is 17.7 Å². The summed E-state index contributed by atoms with van der Waals surface area (Å²) >= 11 is 5.85. The number of hydrogen-bond donors (Lipinski definition) is 2.